The third-order valence-electron chi connectivity index (χ3n) is 3.80. The number of rotatable bonds is 7. The second-order valence-electron chi connectivity index (χ2n) is 5.45. The third-order valence-corrected chi connectivity index (χ3v) is 3.80. The Morgan fingerprint density at radius 3 is 2.68 bits per heavy atom. The molecule has 2 unspecified atom stereocenters. The predicted octanol–water partition coefficient (Wildman–Crippen LogP) is 2.41. The molecule has 22 heavy (non-hydrogen) atoms. The Morgan fingerprint density at radius 2 is 2.05 bits per heavy atom. The first-order valence-electron chi connectivity index (χ1n) is 8.09. The molecule has 1 aromatic carbocycles. The molecule has 1 aliphatic rings. The fourth-order valence-electron chi connectivity index (χ4n) is 2.64. The Bertz CT molecular complexity index is 499. The summed E-state index contributed by atoms with van der Waals surface area (Å²) in [6.45, 7) is 7.97. The molecule has 0 bridgehead atoms. The molecule has 1 saturated heterocycles. The van der Waals surface area contributed by atoms with Gasteiger partial charge in [-0.25, -0.2) is 0 Å². The number of hydrogen-bond donors (Lipinski definition) is 2. The molecule has 0 aliphatic carbocycles. The maximum atomic E-state index is 12.2. The summed E-state index contributed by atoms with van der Waals surface area (Å²) in [5.74, 6) is 1.53. The molecule has 0 radical (unpaired) electrons. The van der Waals surface area contributed by atoms with Gasteiger partial charge in [0.2, 0.25) is 5.91 Å². The van der Waals surface area contributed by atoms with Crippen molar-refractivity contribution in [2.45, 2.75) is 45.7 Å². The highest BCUT2D eigenvalue weighted by molar-refractivity contribution is 5.82. The number of hydrogen-bond acceptors (Lipinski definition) is 4. The molecule has 1 fully saturated rings. The lowest BCUT2D eigenvalue weighted by atomic mass is 10.1. The zero-order valence-electron chi connectivity index (χ0n) is 13.6. The highest BCUT2D eigenvalue weighted by atomic mass is 16.5. The van der Waals surface area contributed by atoms with Crippen molar-refractivity contribution < 1.29 is 14.3 Å². The second kappa shape index (κ2) is 8.03. The van der Waals surface area contributed by atoms with Crippen LogP contribution in [0.25, 0.3) is 0 Å². The maximum absolute atomic E-state index is 12.2. The minimum atomic E-state index is -0.0650. The summed E-state index contributed by atoms with van der Waals surface area (Å²) in [5.41, 5.74) is 1.01. The van der Waals surface area contributed by atoms with Crippen molar-refractivity contribution in [1.82, 2.24) is 10.6 Å². The van der Waals surface area contributed by atoms with E-state index in [9.17, 15) is 4.79 Å². The number of carbonyl (C=O) groups is 1. The number of carbonyl (C=O) groups excluding carboxylic acids is 1. The van der Waals surface area contributed by atoms with Crippen molar-refractivity contribution in [1.29, 1.82) is 0 Å². The number of ether oxygens (including phenoxy) is 2. The van der Waals surface area contributed by atoms with E-state index in [-0.39, 0.29) is 18.0 Å². The van der Waals surface area contributed by atoms with Crippen LogP contribution in [0.15, 0.2) is 18.2 Å². The van der Waals surface area contributed by atoms with Crippen LogP contribution in [0.3, 0.4) is 0 Å². The predicted molar refractivity (Wildman–Crippen MR) is 86.4 cm³/mol. The van der Waals surface area contributed by atoms with E-state index in [1.165, 1.54) is 0 Å². The molecule has 1 amide bonds. The lowest BCUT2D eigenvalue weighted by Crippen LogP contribution is -2.41. The smallest absolute Gasteiger partial charge is 0.237 e. The van der Waals surface area contributed by atoms with Gasteiger partial charge in [0.05, 0.1) is 25.3 Å². The Kier molecular flexibility index (Phi) is 6.07. The quantitative estimate of drug-likeness (QED) is 0.812. The van der Waals surface area contributed by atoms with Gasteiger partial charge in [0.1, 0.15) is 0 Å². The standard InChI is InChI=1S/C17H26N2O3/c1-4-21-15-9-8-13(11-16(15)22-5-2)12(3)19-17(20)14-7-6-10-18-14/h8-9,11-12,14,18H,4-7,10H2,1-3H3,(H,19,20). The maximum Gasteiger partial charge on any atom is 0.237 e. The molecule has 2 rings (SSSR count). The second-order valence-corrected chi connectivity index (χ2v) is 5.45. The molecule has 1 aromatic rings. The van der Waals surface area contributed by atoms with E-state index in [1.807, 2.05) is 39.0 Å². The van der Waals surface area contributed by atoms with Gasteiger partial charge >= 0.3 is 0 Å². The SMILES string of the molecule is CCOc1ccc(C(C)NC(=O)C2CCCN2)cc1OCC. The average molecular weight is 306 g/mol. The Labute approximate surface area is 132 Å². The van der Waals surface area contributed by atoms with E-state index < -0.39 is 0 Å². The van der Waals surface area contributed by atoms with Crippen LogP contribution in [0, 0.1) is 0 Å². The molecule has 5 heteroatoms. The Hall–Kier alpha value is -1.75. The summed E-state index contributed by atoms with van der Waals surface area (Å²) in [5, 5.41) is 6.28. The third kappa shape index (κ3) is 4.13. The molecule has 2 N–H and O–H groups in total. The molecule has 122 valence electrons. The summed E-state index contributed by atoms with van der Waals surface area (Å²) in [7, 11) is 0. The van der Waals surface area contributed by atoms with Gasteiger partial charge in [-0.1, -0.05) is 6.07 Å². The Balaban J connectivity index is 2.06. The van der Waals surface area contributed by atoms with Crippen LogP contribution in [0.4, 0.5) is 0 Å². The van der Waals surface area contributed by atoms with Crippen molar-refractivity contribution >= 4 is 5.91 Å². The summed E-state index contributed by atoms with van der Waals surface area (Å²) < 4.78 is 11.2. The summed E-state index contributed by atoms with van der Waals surface area (Å²) in [6, 6.07) is 5.70. The first-order chi connectivity index (χ1) is 10.7. The van der Waals surface area contributed by atoms with Gasteiger partial charge < -0.3 is 20.1 Å². The van der Waals surface area contributed by atoms with Crippen molar-refractivity contribution in [3.63, 3.8) is 0 Å². The molecule has 1 heterocycles. The van der Waals surface area contributed by atoms with Gasteiger partial charge in [-0.2, -0.15) is 0 Å². The summed E-state index contributed by atoms with van der Waals surface area (Å²) in [4.78, 5) is 12.2. The van der Waals surface area contributed by atoms with E-state index in [2.05, 4.69) is 10.6 Å². The molecule has 1 aliphatic heterocycles. The van der Waals surface area contributed by atoms with Crippen LogP contribution < -0.4 is 20.1 Å². The van der Waals surface area contributed by atoms with E-state index in [1.54, 1.807) is 0 Å². The molecular weight excluding hydrogens is 280 g/mol. The van der Waals surface area contributed by atoms with Gasteiger partial charge in [-0.15, -0.1) is 0 Å². The van der Waals surface area contributed by atoms with E-state index in [0.29, 0.717) is 13.2 Å². The van der Waals surface area contributed by atoms with Gasteiger partial charge in [0.15, 0.2) is 11.5 Å². The van der Waals surface area contributed by atoms with E-state index in [4.69, 9.17) is 9.47 Å². The first kappa shape index (κ1) is 16.6. The van der Waals surface area contributed by atoms with Crippen LogP contribution >= 0.6 is 0 Å². The highest BCUT2D eigenvalue weighted by Crippen LogP contribution is 2.30. The van der Waals surface area contributed by atoms with E-state index in [0.717, 1.165) is 36.4 Å². The molecule has 0 spiro atoms. The summed E-state index contributed by atoms with van der Waals surface area (Å²) >= 11 is 0. The number of amides is 1. The fourth-order valence-corrected chi connectivity index (χ4v) is 2.64. The van der Waals surface area contributed by atoms with Crippen molar-refractivity contribution in [3.8, 4) is 11.5 Å². The average Bonchev–Trinajstić information content (AvgIpc) is 3.04. The number of nitrogens with one attached hydrogen (secondary N) is 2. The lowest BCUT2D eigenvalue weighted by Gasteiger charge is -2.19. The molecular formula is C17H26N2O3. The lowest BCUT2D eigenvalue weighted by molar-refractivity contribution is -0.123. The Morgan fingerprint density at radius 1 is 1.32 bits per heavy atom. The van der Waals surface area contributed by atoms with Crippen LogP contribution in [0.5, 0.6) is 11.5 Å². The topological polar surface area (TPSA) is 59.6 Å². The molecule has 5 nitrogen and oxygen atoms in total. The zero-order valence-corrected chi connectivity index (χ0v) is 13.6. The van der Waals surface area contributed by atoms with Gasteiger partial charge in [-0.3, -0.25) is 4.79 Å². The molecule has 0 aromatic heterocycles. The largest absolute Gasteiger partial charge is 0.490 e. The minimum absolute atomic E-state index is 0.0588. The molecule has 0 saturated carbocycles. The van der Waals surface area contributed by atoms with Crippen molar-refractivity contribution in [2.75, 3.05) is 19.8 Å². The minimum Gasteiger partial charge on any atom is -0.490 e. The van der Waals surface area contributed by atoms with Crippen molar-refractivity contribution in [2.24, 2.45) is 0 Å². The monoisotopic (exact) mass is 306 g/mol. The van der Waals surface area contributed by atoms with Crippen LogP contribution in [-0.2, 0) is 4.79 Å². The highest BCUT2D eigenvalue weighted by Gasteiger charge is 2.23. The van der Waals surface area contributed by atoms with Gasteiger partial charge in [0, 0.05) is 0 Å². The van der Waals surface area contributed by atoms with Crippen LogP contribution in [-0.4, -0.2) is 31.7 Å². The van der Waals surface area contributed by atoms with Crippen LogP contribution in [0.1, 0.15) is 45.2 Å². The molecule has 2 atom stereocenters. The van der Waals surface area contributed by atoms with Gasteiger partial charge in [-0.05, 0) is 57.9 Å². The van der Waals surface area contributed by atoms with Gasteiger partial charge in [0.25, 0.3) is 0 Å². The first-order valence-corrected chi connectivity index (χ1v) is 8.09. The van der Waals surface area contributed by atoms with Crippen LogP contribution in [0.2, 0.25) is 0 Å². The van der Waals surface area contributed by atoms with Crippen molar-refractivity contribution in [3.05, 3.63) is 23.8 Å². The zero-order chi connectivity index (χ0) is 15.9. The fraction of sp³-hybridized carbons (Fsp3) is 0.588. The van der Waals surface area contributed by atoms with E-state index >= 15 is 0 Å². The number of benzene rings is 1. The normalized spacial score (nSPS) is 18.8. The summed E-state index contributed by atoms with van der Waals surface area (Å²) in [6.07, 6.45) is 1.97.